The van der Waals surface area contributed by atoms with Crippen molar-refractivity contribution in [2.75, 3.05) is 27.7 Å². The Morgan fingerprint density at radius 2 is 1.95 bits per heavy atom. The lowest BCUT2D eigenvalue weighted by atomic mass is 10.0. The van der Waals surface area contributed by atoms with Gasteiger partial charge in [0.25, 0.3) is 0 Å². The summed E-state index contributed by atoms with van der Waals surface area (Å²) in [6.07, 6.45) is 0.562. The monoisotopic (exact) mass is 278 g/mol. The lowest BCUT2D eigenvalue weighted by Gasteiger charge is -2.26. The van der Waals surface area contributed by atoms with Gasteiger partial charge in [0.15, 0.2) is 0 Å². The SMILES string of the molecule is COc1ccccc1C(CNC(=O)CC(C)C)N(C)C. The van der Waals surface area contributed by atoms with Crippen molar-refractivity contribution in [1.82, 2.24) is 10.2 Å². The highest BCUT2D eigenvalue weighted by molar-refractivity contribution is 5.76. The second-order valence-corrected chi connectivity index (χ2v) is 5.62. The summed E-state index contributed by atoms with van der Waals surface area (Å²) in [5.74, 6) is 1.32. The van der Waals surface area contributed by atoms with Crippen molar-refractivity contribution >= 4 is 5.91 Å². The molecule has 0 radical (unpaired) electrons. The molecule has 1 aromatic carbocycles. The topological polar surface area (TPSA) is 41.6 Å². The van der Waals surface area contributed by atoms with Crippen molar-refractivity contribution in [1.29, 1.82) is 0 Å². The van der Waals surface area contributed by atoms with Gasteiger partial charge in [0.2, 0.25) is 5.91 Å². The van der Waals surface area contributed by atoms with Gasteiger partial charge in [-0.15, -0.1) is 0 Å². The van der Waals surface area contributed by atoms with Gasteiger partial charge in [0.05, 0.1) is 13.2 Å². The number of rotatable bonds is 7. The first-order chi connectivity index (χ1) is 9.45. The average Bonchev–Trinajstić information content (AvgIpc) is 2.38. The van der Waals surface area contributed by atoms with Crippen LogP contribution in [0.2, 0.25) is 0 Å². The summed E-state index contributed by atoms with van der Waals surface area (Å²) in [6.45, 7) is 4.67. The molecule has 1 amide bonds. The smallest absolute Gasteiger partial charge is 0.220 e. The third-order valence-electron chi connectivity index (χ3n) is 3.21. The van der Waals surface area contributed by atoms with Crippen LogP contribution < -0.4 is 10.1 Å². The largest absolute Gasteiger partial charge is 0.496 e. The molecule has 1 N–H and O–H groups in total. The van der Waals surface area contributed by atoms with Crippen LogP contribution in [-0.2, 0) is 4.79 Å². The Morgan fingerprint density at radius 3 is 2.50 bits per heavy atom. The van der Waals surface area contributed by atoms with E-state index in [0.717, 1.165) is 11.3 Å². The van der Waals surface area contributed by atoms with Crippen molar-refractivity contribution in [2.45, 2.75) is 26.3 Å². The van der Waals surface area contributed by atoms with Crippen molar-refractivity contribution in [3.05, 3.63) is 29.8 Å². The molecule has 0 heterocycles. The Morgan fingerprint density at radius 1 is 1.30 bits per heavy atom. The third-order valence-corrected chi connectivity index (χ3v) is 3.21. The molecule has 0 aliphatic heterocycles. The zero-order chi connectivity index (χ0) is 15.1. The van der Waals surface area contributed by atoms with E-state index in [2.05, 4.69) is 10.2 Å². The lowest BCUT2D eigenvalue weighted by Crippen LogP contribution is -2.35. The van der Waals surface area contributed by atoms with Gasteiger partial charge in [0, 0.05) is 18.5 Å². The van der Waals surface area contributed by atoms with E-state index in [1.807, 2.05) is 52.2 Å². The van der Waals surface area contributed by atoms with E-state index in [9.17, 15) is 4.79 Å². The molecule has 4 heteroatoms. The Balaban J connectivity index is 2.77. The molecular weight excluding hydrogens is 252 g/mol. The number of nitrogens with zero attached hydrogens (tertiary/aromatic N) is 1. The lowest BCUT2D eigenvalue weighted by molar-refractivity contribution is -0.122. The van der Waals surface area contributed by atoms with E-state index in [1.54, 1.807) is 7.11 Å². The maximum Gasteiger partial charge on any atom is 0.220 e. The first-order valence-electron chi connectivity index (χ1n) is 7.01. The summed E-state index contributed by atoms with van der Waals surface area (Å²) in [6, 6.07) is 8.03. The second-order valence-electron chi connectivity index (χ2n) is 5.62. The highest BCUT2D eigenvalue weighted by Gasteiger charge is 2.19. The molecule has 0 aliphatic rings. The third kappa shape index (κ3) is 4.85. The molecular formula is C16H26N2O2. The number of nitrogens with one attached hydrogen (secondary N) is 1. The zero-order valence-electron chi connectivity index (χ0n) is 13.1. The highest BCUT2D eigenvalue weighted by atomic mass is 16.5. The fourth-order valence-corrected chi connectivity index (χ4v) is 2.17. The van der Waals surface area contributed by atoms with Gasteiger partial charge in [-0.3, -0.25) is 4.79 Å². The van der Waals surface area contributed by atoms with Gasteiger partial charge in [0.1, 0.15) is 5.75 Å². The summed E-state index contributed by atoms with van der Waals surface area (Å²) in [4.78, 5) is 13.9. The fourth-order valence-electron chi connectivity index (χ4n) is 2.17. The summed E-state index contributed by atoms with van der Waals surface area (Å²) in [5, 5.41) is 3.01. The average molecular weight is 278 g/mol. The fraction of sp³-hybridized carbons (Fsp3) is 0.562. The van der Waals surface area contributed by atoms with Crippen LogP contribution in [0.4, 0.5) is 0 Å². The predicted molar refractivity (Wildman–Crippen MR) is 81.9 cm³/mol. The number of hydrogen-bond acceptors (Lipinski definition) is 3. The highest BCUT2D eigenvalue weighted by Crippen LogP contribution is 2.27. The number of carbonyl (C=O) groups excluding carboxylic acids is 1. The normalized spacial score (nSPS) is 12.6. The van der Waals surface area contributed by atoms with Crippen LogP contribution in [-0.4, -0.2) is 38.6 Å². The number of likely N-dealkylation sites (N-methyl/N-ethyl adjacent to an activating group) is 1. The quantitative estimate of drug-likeness (QED) is 0.833. The van der Waals surface area contributed by atoms with Crippen LogP contribution in [0.3, 0.4) is 0 Å². The van der Waals surface area contributed by atoms with Gasteiger partial charge in [-0.25, -0.2) is 0 Å². The van der Waals surface area contributed by atoms with Crippen LogP contribution >= 0.6 is 0 Å². The molecule has 112 valence electrons. The van der Waals surface area contributed by atoms with E-state index in [0.29, 0.717) is 18.9 Å². The Labute approximate surface area is 122 Å². The number of methoxy groups -OCH3 is 1. The number of carbonyl (C=O) groups is 1. The molecule has 0 saturated heterocycles. The Hall–Kier alpha value is -1.55. The number of benzene rings is 1. The van der Waals surface area contributed by atoms with Crippen molar-refractivity contribution < 1.29 is 9.53 Å². The van der Waals surface area contributed by atoms with Gasteiger partial charge in [-0.1, -0.05) is 32.0 Å². The first-order valence-corrected chi connectivity index (χ1v) is 7.01. The molecule has 0 saturated carbocycles. The minimum Gasteiger partial charge on any atom is -0.496 e. The molecule has 4 nitrogen and oxygen atoms in total. The van der Waals surface area contributed by atoms with Crippen molar-refractivity contribution in [3.8, 4) is 5.75 Å². The van der Waals surface area contributed by atoms with Crippen molar-refractivity contribution in [2.24, 2.45) is 5.92 Å². The number of hydrogen-bond donors (Lipinski definition) is 1. The van der Waals surface area contributed by atoms with E-state index >= 15 is 0 Å². The minimum atomic E-state index is 0.0988. The van der Waals surface area contributed by atoms with Crippen LogP contribution in [0.25, 0.3) is 0 Å². The molecule has 0 bridgehead atoms. The standard InChI is InChI=1S/C16H26N2O2/c1-12(2)10-16(19)17-11-14(18(3)4)13-8-6-7-9-15(13)20-5/h6-9,12,14H,10-11H2,1-5H3,(H,17,19). The molecule has 1 unspecified atom stereocenters. The van der Waals surface area contributed by atoms with Gasteiger partial charge < -0.3 is 15.0 Å². The van der Waals surface area contributed by atoms with Crippen LogP contribution in [0.5, 0.6) is 5.75 Å². The summed E-state index contributed by atoms with van der Waals surface area (Å²) < 4.78 is 5.41. The molecule has 0 fully saturated rings. The van der Waals surface area contributed by atoms with Gasteiger partial charge >= 0.3 is 0 Å². The van der Waals surface area contributed by atoms with E-state index < -0.39 is 0 Å². The summed E-state index contributed by atoms with van der Waals surface area (Å²) >= 11 is 0. The van der Waals surface area contributed by atoms with E-state index in [-0.39, 0.29) is 11.9 Å². The Kier molecular flexibility index (Phi) is 6.52. The first kappa shape index (κ1) is 16.5. The molecule has 0 aromatic heterocycles. The van der Waals surface area contributed by atoms with Crippen molar-refractivity contribution in [3.63, 3.8) is 0 Å². The minimum absolute atomic E-state index is 0.0988. The van der Waals surface area contributed by atoms with Crippen LogP contribution in [0.1, 0.15) is 31.9 Å². The van der Waals surface area contributed by atoms with E-state index in [1.165, 1.54) is 0 Å². The molecule has 1 rings (SSSR count). The zero-order valence-corrected chi connectivity index (χ0v) is 13.1. The van der Waals surface area contributed by atoms with Crippen LogP contribution in [0.15, 0.2) is 24.3 Å². The maximum atomic E-state index is 11.8. The van der Waals surface area contributed by atoms with Gasteiger partial charge in [-0.05, 0) is 26.1 Å². The maximum absolute atomic E-state index is 11.8. The predicted octanol–water partition coefficient (Wildman–Crippen LogP) is 2.46. The van der Waals surface area contributed by atoms with E-state index in [4.69, 9.17) is 4.74 Å². The summed E-state index contributed by atoms with van der Waals surface area (Å²) in [7, 11) is 5.68. The van der Waals surface area contributed by atoms with Gasteiger partial charge in [-0.2, -0.15) is 0 Å². The molecule has 1 aromatic rings. The number of ether oxygens (including phenoxy) is 1. The summed E-state index contributed by atoms with van der Waals surface area (Å²) in [5.41, 5.74) is 1.09. The molecule has 0 spiro atoms. The molecule has 20 heavy (non-hydrogen) atoms. The number of para-hydroxylation sites is 1. The Bertz CT molecular complexity index is 430. The molecule has 1 atom stereocenters. The number of amides is 1. The molecule has 0 aliphatic carbocycles. The van der Waals surface area contributed by atoms with Crippen LogP contribution in [0, 0.1) is 5.92 Å². The second kappa shape index (κ2) is 7.90.